The van der Waals surface area contributed by atoms with Crippen LogP contribution in [0.4, 0.5) is 0 Å². The van der Waals surface area contributed by atoms with Crippen LogP contribution < -0.4 is 0 Å². The highest BCUT2D eigenvalue weighted by Gasteiger charge is 2.65. The summed E-state index contributed by atoms with van der Waals surface area (Å²) in [5.41, 5.74) is 4.29. The molecule has 4 aliphatic carbocycles. The molecule has 34 heavy (non-hydrogen) atoms. The van der Waals surface area contributed by atoms with E-state index in [-0.39, 0.29) is 22.9 Å². The van der Waals surface area contributed by atoms with Crippen molar-refractivity contribution in [2.75, 3.05) is 0 Å². The summed E-state index contributed by atoms with van der Waals surface area (Å²) >= 11 is 0. The van der Waals surface area contributed by atoms with Crippen LogP contribution in [-0.4, -0.2) is 12.1 Å². The van der Waals surface area contributed by atoms with Gasteiger partial charge in [0, 0.05) is 12.3 Å². The van der Waals surface area contributed by atoms with Crippen LogP contribution in [0.25, 0.3) is 0 Å². The summed E-state index contributed by atoms with van der Waals surface area (Å²) in [4.78, 5) is 11.8. The quantitative estimate of drug-likeness (QED) is 0.287. The number of fused-ring (bicyclic) bond motifs is 5. The first-order chi connectivity index (χ1) is 15.8. The SMILES string of the molecule is C=C(CC)CC[C@H](C)C1CC[C@@]2(C)C3CCC4C(C)(C)[C@@H](OC(C)=O)CC[C@]4(C)C3=CC[C@]12C. The molecule has 0 amide bonds. The Kier molecular flexibility index (Phi) is 6.74. The van der Waals surface area contributed by atoms with Crippen molar-refractivity contribution >= 4 is 5.97 Å². The standard InChI is InChI=1S/C32H52O2/c1-10-21(2)11-12-22(3)24-15-19-32(9)26-13-14-27-29(5,6)28(34-23(4)33)17-18-30(27,7)25(26)16-20-31(24,32)8/h16,22,24,26-28H,2,10-15,17-20H2,1,3-9H3/t22-,24?,26?,27?,28-,30+,31+,32-/m0/s1. The number of allylic oxidation sites excluding steroid dienone is 3. The van der Waals surface area contributed by atoms with Crippen molar-refractivity contribution in [3.8, 4) is 0 Å². The molecule has 0 saturated heterocycles. The molecule has 0 N–H and O–H groups in total. The molecule has 0 aliphatic heterocycles. The van der Waals surface area contributed by atoms with Gasteiger partial charge >= 0.3 is 5.97 Å². The molecule has 4 aliphatic rings. The van der Waals surface area contributed by atoms with E-state index < -0.39 is 0 Å². The van der Waals surface area contributed by atoms with Crippen LogP contribution in [0, 0.1) is 45.3 Å². The van der Waals surface area contributed by atoms with E-state index in [1.165, 1.54) is 50.5 Å². The van der Waals surface area contributed by atoms with Crippen molar-refractivity contribution in [1.82, 2.24) is 0 Å². The van der Waals surface area contributed by atoms with E-state index in [4.69, 9.17) is 4.74 Å². The first-order valence-corrected chi connectivity index (χ1v) is 14.4. The van der Waals surface area contributed by atoms with Gasteiger partial charge in [0.05, 0.1) is 0 Å². The number of rotatable bonds is 6. The average Bonchev–Trinajstić information content (AvgIpc) is 3.05. The molecule has 4 rings (SSSR count). The molecule has 0 aromatic rings. The van der Waals surface area contributed by atoms with Crippen molar-refractivity contribution in [1.29, 1.82) is 0 Å². The minimum absolute atomic E-state index is 0.0283. The molecule has 0 bridgehead atoms. The first-order valence-electron chi connectivity index (χ1n) is 14.4. The second-order valence-electron chi connectivity index (χ2n) is 14.0. The van der Waals surface area contributed by atoms with Gasteiger partial charge in [-0.1, -0.05) is 72.3 Å². The van der Waals surface area contributed by atoms with E-state index in [0.717, 1.165) is 37.0 Å². The largest absolute Gasteiger partial charge is 0.462 e. The molecule has 8 atom stereocenters. The molecule has 0 aromatic carbocycles. The van der Waals surface area contributed by atoms with E-state index >= 15 is 0 Å². The Morgan fingerprint density at radius 3 is 2.44 bits per heavy atom. The van der Waals surface area contributed by atoms with Gasteiger partial charge in [0.15, 0.2) is 0 Å². The molecule has 2 heteroatoms. The Morgan fingerprint density at radius 1 is 1.09 bits per heavy atom. The van der Waals surface area contributed by atoms with Crippen LogP contribution in [0.2, 0.25) is 0 Å². The Balaban J connectivity index is 1.61. The lowest BCUT2D eigenvalue weighted by atomic mass is 9.41. The zero-order valence-corrected chi connectivity index (χ0v) is 23.6. The topological polar surface area (TPSA) is 26.3 Å². The lowest BCUT2D eigenvalue weighted by molar-refractivity contribution is -0.170. The smallest absolute Gasteiger partial charge is 0.302 e. The third-order valence-corrected chi connectivity index (χ3v) is 12.3. The molecule has 0 heterocycles. The molecular formula is C32H52O2. The Hall–Kier alpha value is -1.05. The summed E-state index contributed by atoms with van der Waals surface area (Å²) in [6.07, 6.45) is 15.2. The minimum atomic E-state index is -0.121. The highest BCUT2D eigenvalue weighted by Crippen LogP contribution is 2.73. The van der Waals surface area contributed by atoms with Crippen molar-refractivity contribution in [2.24, 2.45) is 45.3 Å². The molecule has 2 nitrogen and oxygen atoms in total. The molecule has 3 saturated carbocycles. The highest BCUT2D eigenvalue weighted by atomic mass is 16.5. The Morgan fingerprint density at radius 2 is 1.79 bits per heavy atom. The van der Waals surface area contributed by atoms with Gasteiger partial charge in [-0.3, -0.25) is 4.79 Å². The molecular weight excluding hydrogens is 416 g/mol. The summed E-state index contributed by atoms with van der Waals surface area (Å²) in [7, 11) is 0. The van der Waals surface area contributed by atoms with Gasteiger partial charge in [-0.05, 0) is 104 Å². The van der Waals surface area contributed by atoms with Crippen LogP contribution in [-0.2, 0) is 9.53 Å². The van der Waals surface area contributed by atoms with Crippen LogP contribution in [0.5, 0.6) is 0 Å². The monoisotopic (exact) mass is 468 g/mol. The summed E-state index contributed by atoms with van der Waals surface area (Å²) < 4.78 is 5.87. The van der Waals surface area contributed by atoms with Gasteiger partial charge in [0.2, 0.25) is 0 Å². The lowest BCUT2D eigenvalue weighted by Crippen LogP contribution is -2.58. The van der Waals surface area contributed by atoms with Crippen LogP contribution in [0.1, 0.15) is 120 Å². The van der Waals surface area contributed by atoms with Gasteiger partial charge < -0.3 is 4.74 Å². The van der Waals surface area contributed by atoms with E-state index in [9.17, 15) is 4.79 Å². The van der Waals surface area contributed by atoms with E-state index in [1.54, 1.807) is 12.5 Å². The molecule has 192 valence electrons. The summed E-state index contributed by atoms with van der Waals surface area (Å²) in [6.45, 7) is 23.3. The van der Waals surface area contributed by atoms with Crippen LogP contribution in [0.15, 0.2) is 23.8 Å². The number of ether oxygens (including phenoxy) is 1. The summed E-state index contributed by atoms with van der Waals surface area (Å²) in [5.74, 6) is 2.78. The zero-order valence-electron chi connectivity index (χ0n) is 23.6. The fourth-order valence-electron chi connectivity index (χ4n) is 9.88. The van der Waals surface area contributed by atoms with Crippen molar-refractivity contribution in [2.45, 2.75) is 126 Å². The van der Waals surface area contributed by atoms with Gasteiger partial charge in [-0.2, -0.15) is 0 Å². The second-order valence-corrected chi connectivity index (χ2v) is 14.0. The number of carbonyl (C=O) groups is 1. The molecule has 3 unspecified atom stereocenters. The fraction of sp³-hybridized carbons (Fsp3) is 0.844. The van der Waals surface area contributed by atoms with E-state index in [2.05, 4.69) is 61.1 Å². The highest BCUT2D eigenvalue weighted by molar-refractivity contribution is 5.66. The van der Waals surface area contributed by atoms with Crippen molar-refractivity contribution in [3.05, 3.63) is 23.8 Å². The molecule has 0 aromatic heterocycles. The number of esters is 1. The molecule has 0 spiro atoms. The predicted octanol–water partition coefficient (Wildman–Crippen LogP) is 8.91. The second kappa shape index (κ2) is 8.81. The fourth-order valence-corrected chi connectivity index (χ4v) is 9.88. The summed E-state index contributed by atoms with van der Waals surface area (Å²) in [6, 6.07) is 0. The van der Waals surface area contributed by atoms with Gasteiger partial charge in [0.25, 0.3) is 0 Å². The average molecular weight is 469 g/mol. The summed E-state index contributed by atoms with van der Waals surface area (Å²) in [5, 5.41) is 0. The maximum absolute atomic E-state index is 11.8. The lowest BCUT2D eigenvalue weighted by Gasteiger charge is -2.64. The zero-order chi connectivity index (χ0) is 25.1. The van der Waals surface area contributed by atoms with Crippen molar-refractivity contribution in [3.63, 3.8) is 0 Å². The molecule has 0 radical (unpaired) electrons. The number of carbonyl (C=O) groups excluding carboxylic acids is 1. The minimum Gasteiger partial charge on any atom is -0.462 e. The van der Waals surface area contributed by atoms with E-state index in [1.807, 2.05) is 0 Å². The van der Waals surface area contributed by atoms with Gasteiger partial charge in [-0.25, -0.2) is 0 Å². The normalized spacial score (nSPS) is 43.7. The van der Waals surface area contributed by atoms with Gasteiger partial charge in [0.1, 0.15) is 6.10 Å². The van der Waals surface area contributed by atoms with Gasteiger partial charge in [-0.15, -0.1) is 0 Å². The molecule has 3 fully saturated rings. The number of hydrogen-bond acceptors (Lipinski definition) is 2. The van der Waals surface area contributed by atoms with E-state index in [0.29, 0.717) is 16.7 Å². The third-order valence-electron chi connectivity index (χ3n) is 12.3. The maximum Gasteiger partial charge on any atom is 0.302 e. The van der Waals surface area contributed by atoms with Crippen molar-refractivity contribution < 1.29 is 9.53 Å². The predicted molar refractivity (Wildman–Crippen MR) is 142 cm³/mol. The number of hydrogen-bond donors (Lipinski definition) is 0. The van der Waals surface area contributed by atoms with Crippen LogP contribution in [0.3, 0.4) is 0 Å². The Labute approximate surface area is 210 Å². The van der Waals surface area contributed by atoms with Crippen LogP contribution >= 0.6 is 0 Å². The first kappa shape index (κ1) is 26.0. The third kappa shape index (κ3) is 3.76. The Bertz CT molecular complexity index is 851. The maximum atomic E-state index is 11.8.